The van der Waals surface area contributed by atoms with Crippen molar-refractivity contribution in [1.29, 1.82) is 0 Å². The Morgan fingerprint density at radius 1 is 1.06 bits per heavy atom. The second-order valence-electron chi connectivity index (χ2n) is 8.75. The van der Waals surface area contributed by atoms with Crippen LogP contribution in [0, 0.1) is 6.92 Å². The molecule has 0 saturated carbocycles. The van der Waals surface area contributed by atoms with Crippen LogP contribution in [0.3, 0.4) is 0 Å². The summed E-state index contributed by atoms with van der Waals surface area (Å²) in [5, 5.41) is 7.66. The molecule has 1 fully saturated rings. The van der Waals surface area contributed by atoms with Crippen LogP contribution in [-0.4, -0.2) is 38.5 Å². The van der Waals surface area contributed by atoms with E-state index in [2.05, 4.69) is 15.4 Å². The molecule has 0 radical (unpaired) electrons. The standard InChI is InChI=1S/C26H23F2N5O2/c1-16-8-9-20(15-29-16)33-22-11-10-19(12-18(22)14-30-33)32-23(34)13-21(31-25(35)26(2,27)28)24(32)17-6-4-3-5-7-17/h3-12,14-15,21,24H,13H2,1-2H3,(H,31,35)/t21?,24-/m1/s1. The zero-order valence-electron chi connectivity index (χ0n) is 19.2. The molecule has 9 heteroatoms. The first kappa shape index (κ1) is 22.6. The van der Waals surface area contributed by atoms with Gasteiger partial charge in [-0.15, -0.1) is 0 Å². The first-order valence-electron chi connectivity index (χ1n) is 11.2. The molecule has 1 saturated heterocycles. The van der Waals surface area contributed by atoms with E-state index >= 15 is 0 Å². The van der Waals surface area contributed by atoms with Crippen LogP contribution in [0.2, 0.25) is 0 Å². The summed E-state index contributed by atoms with van der Waals surface area (Å²) in [5.74, 6) is -5.21. The predicted molar refractivity (Wildman–Crippen MR) is 127 cm³/mol. The molecule has 2 aromatic carbocycles. The average molecular weight is 475 g/mol. The minimum absolute atomic E-state index is 0.0896. The van der Waals surface area contributed by atoms with Gasteiger partial charge in [-0.3, -0.25) is 14.6 Å². The Balaban J connectivity index is 1.53. The molecule has 1 unspecified atom stereocenters. The Kier molecular flexibility index (Phi) is 5.55. The van der Waals surface area contributed by atoms with Crippen molar-refractivity contribution in [3.8, 4) is 5.69 Å². The highest BCUT2D eigenvalue weighted by molar-refractivity contribution is 6.00. The number of amides is 2. The van der Waals surface area contributed by atoms with Crippen LogP contribution in [0.4, 0.5) is 14.5 Å². The Morgan fingerprint density at radius 2 is 1.80 bits per heavy atom. The number of aryl methyl sites for hydroxylation is 1. The molecule has 7 nitrogen and oxygen atoms in total. The van der Waals surface area contributed by atoms with Crippen molar-refractivity contribution < 1.29 is 18.4 Å². The Bertz CT molecular complexity index is 1400. The van der Waals surface area contributed by atoms with Crippen molar-refractivity contribution in [2.75, 3.05) is 4.90 Å². The highest BCUT2D eigenvalue weighted by Crippen LogP contribution is 2.39. The third-order valence-electron chi connectivity index (χ3n) is 6.15. The maximum Gasteiger partial charge on any atom is 0.321 e. The Labute approximate surface area is 200 Å². The molecule has 3 heterocycles. The molecule has 0 bridgehead atoms. The lowest BCUT2D eigenvalue weighted by Gasteiger charge is -2.29. The van der Waals surface area contributed by atoms with Gasteiger partial charge in [0.1, 0.15) is 0 Å². The first-order chi connectivity index (χ1) is 16.7. The van der Waals surface area contributed by atoms with E-state index in [-0.39, 0.29) is 12.3 Å². The fraction of sp³-hybridized carbons (Fsp3) is 0.231. The molecule has 0 aliphatic carbocycles. The van der Waals surface area contributed by atoms with Gasteiger partial charge in [0.25, 0.3) is 5.91 Å². The number of rotatable bonds is 5. The number of anilines is 1. The maximum atomic E-state index is 13.6. The van der Waals surface area contributed by atoms with Crippen LogP contribution in [0.5, 0.6) is 0 Å². The molecule has 1 aliphatic rings. The number of nitrogens with one attached hydrogen (secondary N) is 1. The predicted octanol–water partition coefficient (Wildman–Crippen LogP) is 4.35. The fourth-order valence-corrected chi connectivity index (χ4v) is 4.46. The third kappa shape index (κ3) is 4.25. The Morgan fingerprint density at radius 3 is 2.49 bits per heavy atom. The van der Waals surface area contributed by atoms with Gasteiger partial charge in [-0.1, -0.05) is 30.3 Å². The largest absolute Gasteiger partial charge is 0.345 e. The van der Waals surface area contributed by atoms with Crippen LogP contribution in [0.1, 0.15) is 30.6 Å². The summed E-state index contributed by atoms with van der Waals surface area (Å²) in [6, 6.07) is 17.0. The number of benzene rings is 2. The Hall–Kier alpha value is -4.14. The number of nitrogens with zero attached hydrogens (tertiary/aromatic N) is 4. The number of carbonyl (C=O) groups excluding carboxylic acids is 2. The van der Waals surface area contributed by atoms with Crippen LogP contribution >= 0.6 is 0 Å². The van der Waals surface area contributed by atoms with E-state index in [1.54, 1.807) is 28.0 Å². The summed E-state index contributed by atoms with van der Waals surface area (Å²) in [4.78, 5) is 31.1. The van der Waals surface area contributed by atoms with Crippen LogP contribution in [0.25, 0.3) is 16.6 Å². The molecule has 4 aromatic rings. The van der Waals surface area contributed by atoms with E-state index in [4.69, 9.17) is 0 Å². The quantitative estimate of drug-likeness (QED) is 0.466. The van der Waals surface area contributed by atoms with Gasteiger partial charge in [-0.25, -0.2) is 4.68 Å². The lowest BCUT2D eigenvalue weighted by Crippen LogP contribution is -2.46. The maximum absolute atomic E-state index is 13.6. The highest BCUT2D eigenvalue weighted by atomic mass is 19.3. The lowest BCUT2D eigenvalue weighted by atomic mass is 9.99. The second-order valence-corrected chi connectivity index (χ2v) is 8.75. The second kappa shape index (κ2) is 8.57. The van der Waals surface area contributed by atoms with Gasteiger partial charge in [-0.05, 0) is 42.8 Å². The van der Waals surface area contributed by atoms with Crippen molar-refractivity contribution in [2.24, 2.45) is 0 Å². The summed E-state index contributed by atoms with van der Waals surface area (Å²) in [7, 11) is 0. The molecule has 35 heavy (non-hydrogen) atoms. The van der Waals surface area contributed by atoms with Crippen LogP contribution in [-0.2, 0) is 9.59 Å². The monoisotopic (exact) mass is 475 g/mol. The number of carbonyl (C=O) groups is 2. The third-order valence-corrected chi connectivity index (χ3v) is 6.15. The SMILES string of the molecule is Cc1ccc(-n2ncc3cc(N4C(=O)CC(NC(=O)C(C)(F)F)[C@H]4c4ccccc4)ccc32)cn1. The zero-order chi connectivity index (χ0) is 24.7. The van der Waals surface area contributed by atoms with Crippen LogP contribution < -0.4 is 10.2 Å². The van der Waals surface area contributed by atoms with Gasteiger partial charge in [0, 0.05) is 30.1 Å². The summed E-state index contributed by atoms with van der Waals surface area (Å²) in [5.41, 5.74) is 3.87. The number of hydrogen-bond acceptors (Lipinski definition) is 4. The molecular formula is C26H23F2N5O2. The highest BCUT2D eigenvalue weighted by Gasteiger charge is 2.45. The summed E-state index contributed by atoms with van der Waals surface area (Å²) in [6.07, 6.45) is 3.35. The smallest absolute Gasteiger partial charge is 0.321 e. The average Bonchev–Trinajstić information content (AvgIpc) is 3.39. The van der Waals surface area contributed by atoms with Gasteiger partial charge in [0.2, 0.25) is 5.91 Å². The first-order valence-corrected chi connectivity index (χ1v) is 11.2. The van der Waals surface area contributed by atoms with Gasteiger partial charge >= 0.3 is 5.92 Å². The molecule has 2 atom stereocenters. The molecule has 0 spiro atoms. The topological polar surface area (TPSA) is 80.1 Å². The number of aromatic nitrogens is 3. The van der Waals surface area contributed by atoms with Gasteiger partial charge in [-0.2, -0.15) is 13.9 Å². The van der Waals surface area contributed by atoms with Gasteiger partial charge in [0.05, 0.1) is 35.7 Å². The molecule has 178 valence electrons. The van der Waals surface area contributed by atoms with E-state index < -0.39 is 23.9 Å². The minimum atomic E-state index is -3.55. The van der Waals surface area contributed by atoms with Gasteiger partial charge < -0.3 is 10.2 Å². The normalized spacial score (nSPS) is 18.3. The van der Waals surface area contributed by atoms with E-state index in [1.165, 1.54) is 0 Å². The zero-order valence-corrected chi connectivity index (χ0v) is 19.2. The molecule has 1 N–H and O–H groups in total. The fourth-order valence-electron chi connectivity index (χ4n) is 4.46. The molecule has 1 aliphatic heterocycles. The van der Waals surface area contributed by atoms with Crippen molar-refractivity contribution in [3.05, 3.63) is 84.3 Å². The van der Waals surface area contributed by atoms with E-state index in [0.29, 0.717) is 12.6 Å². The van der Waals surface area contributed by atoms with Crippen LogP contribution in [0.15, 0.2) is 73.1 Å². The number of halogens is 2. The number of hydrogen-bond donors (Lipinski definition) is 1. The lowest BCUT2D eigenvalue weighted by molar-refractivity contribution is -0.143. The molecular weight excluding hydrogens is 452 g/mol. The van der Waals surface area contributed by atoms with Crippen molar-refractivity contribution in [3.63, 3.8) is 0 Å². The summed E-state index contributed by atoms with van der Waals surface area (Å²) >= 11 is 0. The van der Waals surface area contributed by atoms with Crippen molar-refractivity contribution in [1.82, 2.24) is 20.1 Å². The number of pyridine rings is 1. The minimum Gasteiger partial charge on any atom is -0.345 e. The summed E-state index contributed by atoms with van der Waals surface area (Å²) in [6.45, 7) is 2.45. The van der Waals surface area contributed by atoms with Crippen molar-refractivity contribution in [2.45, 2.75) is 38.3 Å². The van der Waals surface area contributed by atoms with E-state index in [1.807, 2.05) is 61.5 Å². The van der Waals surface area contributed by atoms with E-state index in [9.17, 15) is 18.4 Å². The number of fused-ring (bicyclic) bond motifs is 1. The molecule has 5 rings (SSSR count). The number of alkyl halides is 2. The molecule has 2 amide bonds. The van der Waals surface area contributed by atoms with E-state index in [0.717, 1.165) is 27.8 Å². The van der Waals surface area contributed by atoms with Gasteiger partial charge in [0.15, 0.2) is 0 Å². The molecule has 2 aromatic heterocycles. The van der Waals surface area contributed by atoms with Crippen molar-refractivity contribution >= 4 is 28.4 Å². The summed E-state index contributed by atoms with van der Waals surface area (Å²) < 4.78 is 29.0.